The smallest absolute Gasteiger partial charge is 0.321 e. The Morgan fingerprint density at radius 1 is 0.857 bits per heavy atom. The van der Waals surface area contributed by atoms with Crippen LogP contribution in [0.2, 0.25) is 0 Å². The molecule has 4 rings (SSSR count). The number of rotatable bonds is 6. The molecule has 7 heteroatoms. The second-order valence-electron chi connectivity index (χ2n) is 6.36. The molecule has 3 aromatic carbocycles. The van der Waals surface area contributed by atoms with Gasteiger partial charge in [0.15, 0.2) is 0 Å². The molecule has 0 bridgehead atoms. The summed E-state index contributed by atoms with van der Waals surface area (Å²) in [5.74, 6) is 0. The van der Waals surface area contributed by atoms with E-state index in [-0.39, 0.29) is 0 Å². The maximum atomic E-state index is 12.9. The fraction of sp³-hybridized carbons (Fsp3) is 0.0952. The lowest BCUT2D eigenvalue weighted by Gasteiger charge is -2.15. The Morgan fingerprint density at radius 2 is 1.50 bits per heavy atom. The molecule has 0 radical (unpaired) electrons. The normalized spacial score (nSPS) is 11.6. The summed E-state index contributed by atoms with van der Waals surface area (Å²) >= 11 is 0. The molecule has 0 aliphatic heterocycles. The summed E-state index contributed by atoms with van der Waals surface area (Å²) in [5.41, 5.74) is 3.29. The fourth-order valence-electron chi connectivity index (χ4n) is 3.16. The van der Waals surface area contributed by atoms with E-state index < -0.39 is 10.2 Å². The number of methoxy groups -OCH3 is 1. The van der Waals surface area contributed by atoms with Gasteiger partial charge in [0, 0.05) is 17.9 Å². The van der Waals surface area contributed by atoms with Crippen LogP contribution in [0.25, 0.3) is 21.8 Å². The number of anilines is 2. The van der Waals surface area contributed by atoms with Gasteiger partial charge in [0.2, 0.25) is 0 Å². The van der Waals surface area contributed by atoms with E-state index in [2.05, 4.69) is 14.4 Å². The van der Waals surface area contributed by atoms with Gasteiger partial charge in [-0.05, 0) is 29.8 Å². The highest BCUT2D eigenvalue weighted by molar-refractivity contribution is 7.94. The number of aromatic nitrogens is 1. The third kappa shape index (κ3) is 3.76. The number of ether oxygens (including phenoxy) is 1. The minimum absolute atomic E-state index is 0.405. The zero-order valence-electron chi connectivity index (χ0n) is 15.2. The van der Waals surface area contributed by atoms with E-state index in [1.54, 1.807) is 25.3 Å². The van der Waals surface area contributed by atoms with Crippen molar-refractivity contribution in [3.05, 3.63) is 78.4 Å². The highest BCUT2D eigenvalue weighted by Gasteiger charge is 2.16. The van der Waals surface area contributed by atoms with Gasteiger partial charge in [-0.2, -0.15) is 8.42 Å². The number of hydrogen-bond donors (Lipinski definition) is 2. The van der Waals surface area contributed by atoms with E-state index in [1.807, 2.05) is 54.6 Å². The molecule has 28 heavy (non-hydrogen) atoms. The molecule has 1 aromatic heterocycles. The largest absolute Gasteiger partial charge is 0.380 e. The SMILES string of the molecule is COCc1cccc(NS(=O)(=O)Nc2c3ccccc3nc3ccccc23)c1. The van der Waals surface area contributed by atoms with Crippen LogP contribution in [0.3, 0.4) is 0 Å². The molecule has 0 spiro atoms. The molecule has 0 aliphatic carbocycles. The molecule has 0 saturated heterocycles. The third-order valence-corrected chi connectivity index (χ3v) is 5.29. The van der Waals surface area contributed by atoms with Crippen molar-refractivity contribution in [3.63, 3.8) is 0 Å². The lowest BCUT2D eigenvalue weighted by atomic mass is 10.1. The van der Waals surface area contributed by atoms with E-state index in [1.165, 1.54) is 0 Å². The Kier molecular flexibility index (Phi) is 4.85. The Balaban J connectivity index is 1.75. The van der Waals surface area contributed by atoms with Gasteiger partial charge in [0.1, 0.15) is 0 Å². The van der Waals surface area contributed by atoms with E-state index in [0.29, 0.717) is 18.0 Å². The van der Waals surface area contributed by atoms with Crippen LogP contribution in [0, 0.1) is 0 Å². The van der Waals surface area contributed by atoms with Crippen LogP contribution in [0.1, 0.15) is 5.56 Å². The summed E-state index contributed by atoms with van der Waals surface area (Å²) in [6.07, 6.45) is 0. The Hall–Kier alpha value is -3.16. The second-order valence-corrected chi connectivity index (χ2v) is 7.78. The summed E-state index contributed by atoms with van der Waals surface area (Å²) in [6, 6.07) is 22.0. The van der Waals surface area contributed by atoms with E-state index in [0.717, 1.165) is 27.4 Å². The summed E-state index contributed by atoms with van der Waals surface area (Å²) in [7, 11) is -2.28. The first-order valence-electron chi connectivity index (χ1n) is 8.72. The molecule has 0 saturated carbocycles. The minimum Gasteiger partial charge on any atom is -0.380 e. The van der Waals surface area contributed by atoms with Crippen LogP contribution in [0.4, 0.5) is 11.4 Å². The van der Waals surface area contributed by atoms with Crippen molar-refractivity contribution >= 4 is 43.4 Å². The van der Waals surface area contributed by atoms with Gasteiger partial charge in [-0.15, -0.1) is 0 Å². The first kappa shape index (κ1) is 18.2. The van der Waals surface area contributed by atoms with Crippen LogP contribution in [0.15, 0.2) is 72.8 Å². The quantitative estimate of drug-likeness (QED) is 0.479. The number of nitrogens with zero attached hydrogens (tertiary/aromatic N) is 1. The van der Waals surface area contributed by atoms with Crippen molar-refractivity contribution in [1.29, 1.82) is 0 Å². The molecule has 0 amide bonds. The van der Waals surface area contributed by atoms with Crippen molar-refractivity contribution in [2.24, 2.45) is 0 Å². The van der Waals surface area contributed by atoms with Gasteiger partial charge in [-0.1, -0.05) is 48.5 Å². The fourth-order valence-corrected chi connectivity index (χ4v) is 4.13. The standard InChI is InChI=1S/C21H19N3O3S/c1-27-14-15-7-6-8-16(13-15)23-28(25,26)24-21-17-9-2-4-11-19(17)22-20-12-5-3-10-18(20)21/h2-13,23H,14H2,1H3,(H,22,24). The van der Waals surface area contributed by atoms with E-state index in [4.69, 9.17) is 4.74 Å². The molecule has 6 nitrogen and oxygen atoms in total. The van der Waals surface area contributed by atoms with Gasteiger partial charge >= 0.3 is 10.2 Å². The van der Waals surface area contributed by atoms with Gasteiger partial charge in [0.25, 0.3) is 0 Å². The van der Waals surface area contributed by atoms with Crippen LogP contribution in [-0.4, -0.2) is 20.5 Å². The summed E-state index contributed by atoms with van der Waals surface area (Å²) in [4.78, 5) is 4.62. The molecule has 0 atom stereocenters. The maximum Gasteiger partial charge on any atom is 0.321 e. The molecule has 0 fully saturated rings. The minimum atomic E-state index is -3.87. The summed E-state index contributed by atoms with van der Waals surface area (Å²) in [5, 5.41) is 1.47. The summed E-state index contributed by atoms with van der Waals surface area (Å²) < 4.78 is 36.1. The number of benzene rings is 3. The predicted octanol–water partition coefficient (Wildman–Crippen LogP) is 4.30. The Bertz CT molecular complexity index is 1200. The van der Waals surface area contributed by atoms with Gasteiger partial charge in [-0.25, -0.2) is 4.98 Å². The van der Waals surface area contributed by atoms with Crippen molar-refractivity contribution in [2.75, 3.05) is 16.6 Å². The lowest BCUT2D eigenvalue weighted by molar-refractivity contribution is 0.185. The average Bonchev–Trinajstić information content (AvgIpc) is 2.68. The van der Waals surface area contributed by atoms with Crippen molar-refractivity contribution < 1.29 is 13.2 Å². The summed E-state index contributed by atoms with van der Waals surface area (Å²) in [6.45, 7) is 0.405. The lowest BCUT2D eigenvalue weighted by Crippen LogP contribution is -2.22. The Morgan fingerprint density at radius 3 is 2.14 bits per heavy atom. The highest BCUT2D eigenvalue weighted by atomic mass is 32.2. The van der Waals surface area contributed by atoms with Crippen LogP contribution in [0.5, 0.6) is 0 Å². The molecule has 1 heterocycles. The van der Waals surface area contributed by atoms with E-state index >= 15 is 0 Å². The van der Waals surface area contributed by atoms with Crippen LogP contribution in [-0.2, 0) is 21.6 Å². The van der Waals surface area contributed by atoms with Crippen molar-refractivity contribution in [3.8, 4) is 0 Å². The number of para-hydroxylation sites is 2. The van der Waals surface area contributed by atoms with Gasteiger partial charge in [-0.3, -0.25) is 9.44 Å². The monoisotopic (exact) mass is 393 g/mol. The number of fused-ring (bicyclic) bond motifs is 2. The molecule has 0 aliphatic rings. The molecule has 4 aromatic rings. The topological polar surface area (TPSA) is 80.3 Å². The number of pyridine rings is 1. The molecular weight excluding hydrogens is 374 g/mol. The van der Waals surface area contributed by atoms with Crippen LogP contribution < -0.4 is 9.44 Å². The molecular formula is C21H19N3O3S. The third-order valence-electron chi connectivity index (χ3n) is 4.31. The zero-order valence-corrected chi connectivity index (χ0v) is 16.0. The Labute approximate surface area is 163 Å². The average molecular weight is 393 g/mol. The first-order valence-corrected chi connectivity index (χ1v) is 10.2. The molecule has 142 valence electrons. The number of hydrogen-bond acceptors (Lipinski definition) is 4. The second kappa shape index (κ2) is 7.46. The van der Waals surface area contributed by atoms with Crippen LogP contribution >= 0.6 is 0 Å². The van der Waals surface area contributed by atoms with Crippen molar-refractivity contribution in [2.45, 2.75) is 6.61 Å². The van der Waals surface area contributed by atoms with Gasteiger partial charge in [0.05, 0.1) is 29.0 Å². The maximum absolute atomic E-state index is 12.9. The molecule has 2 N–H and O–H groups in total. The van der Waals surface area contributed by atoms with Crippen molar-refractivity contribution in [1.82, 2.24) is 4.98 Å². The number of nitrogens with one attached hydrogen (secondary N) is 2. The van der Waals surface area contributed by atoms with E-state index in [9.17, 15) is 8.42 Å². The zero-order chi connectivity index (χ0) is 19.6. The molecule has 0 unspecified atom stereocenters. The first-order chi connectivity index (χ1) is 13.6. The predicted molar refractivity (Wildman–Crippen MR) is 113 cm³/mol. The highest BCUT2D eigenvalue weighted by Crippen LogP contribution is 2.31. The van der Waals surface area contributed by atoms with Gasteiger partial charge < -0.3 is 4.74 Å².